The van der Waals surface area contributed by atoms with Gasteiger partial charge in [0, 0.05) is 32.2 Å². The van der Waals surface area contributed by atoms with Crippen molar-refractivity contribution >= 4 is 33.2 Å². The van der Waals surface area contributed by atoms with Gasteiger partial charge in [-0.05, 0) is 30.8 Å². The number of hydrogen-bond donors (Lipinski definition) is 0. The molecule has 1 aromatic carbocycles. The molecule has 1 unspecified atom stereocenters. The highest BCUT2D eigenvalue weighted by molar-refractivity contribution is 7.91. The van der Waals surface area contributed by atoms with Gasteiger partial charge in [-0.3, -0.25) is 14.4 Å². The molecular formula is C16H21N3O3S2. The number of aromatic nitrogens is 1. The topological polar surface area (TPSA) is 58.7 Å². The lowest BCUT2D eigenvalue weighted by Crippen LogP contribution is -2.50. The third-order valence-electron chi connectivity index (χ3n) is 5.05. The van der Waals surface area contributed by atoms with E-state index < -0.39 is 9.84 Å². The van der Waals surface area contributed by atoms with Gasteiger partial charge in [0.05, 0.1) is 23.7 Å². The second-order valence-electron chi connectivity index (χ2n) is 6.62. The van der Waals surface area contributed by atoms with Crippen LogP contribution in [-0.4, -0.2) is 66.5 Å². The lowest BCUT2D eigenvalue weighted by atomic mass is 10.2. The summed E-state index contributed by atoms with van der Waals surface area (Å²) in [5.74, 6) is 0.665. The summed E-state index contributed by atoms with van der Waals surface area (Å²) >= 11 is 5.35. The van der Waals surface area contributed by atoms with Crippen molar-refractivity contribution in [2.75, 3.05) is 37.7 Å². The van der Waals surface area contributed by atoms with Gasteiger partial charge >= 0.3 is 0 Å². The summed E-state index contributed by atoms with van der Waals surface area (Å²) in [5.41, 5.74) is 1.84. The Morgan fingerprint density at radius 1 is 1.17 bits per heavy atom. The summed E-state index contributed by atoms with van der Waals surface area (Å²) < 4.78 is 31.0. The zero-order valence-electron chi connectivity index (χ0n) is 13.4. The van der Waals surface area contributed by atoms with Crippen LogP contribution in [0.3, 0.4) is 0 Å². The first kappa shape index (κ1) is 16.3. The molecule has 3 heterocycles. The van der Waals surface area contributed by atoms with Gasteiger partial charge in [0.2, 0.25) is 0 Å². The molecule has 0 aliphatic carbocycles. The van der Waals surface area contributed by atoms with Crippen LogP contribution in [0.15, 0.2) is 28.7 Å². The molecule has 0 saturated carbocycles. The minimum atomic E-state index is -2.81. The average molecular weight is 367 g/mol. The second-order valence-corrected chi connectivity index (χ2v) is 9.19. The van der Waals surface area contributed by atoms with Gasteiger partial charge in [0.15, 0.2) is 15.4 Å². The summed E-state index contributed by atoms with van der Waals surface area (Å²) in [4.78, 5) is 5.17. The standard InChI is InChI=1S/C16H21N3O3S2/c20-24(21)10-5-13(11-24)18-8-6-17(7-9-18)12-19-14-3-1-2-4-15(14)22-16(19)23/h1-4,13H,5-12H2. The number of para-hydroxylation sites is 2. The fraction of sp³-hybridized carbons (Fsp3) is 0.562. The van der Waals surface area contributed by atoms with Crippen LogP contribution in [-0.2, 0) is 16.5 Å². The minimum Gasteiger partial charge on any atom is -0.429 e. The summed E-state index contributed by atoms with van der Waals surface area (Å²) in [6.45, 7) is 4.36. The van der Waals surface area contributed by atoms with Crippen LogP contribution in [0, 0.1) is 4.84 Å². The maximum Gasteiger partial charge on any atom is 0.270 e. The van der Waals surface area contributed by atoms with Gasteiger partial charge in [0.1, 0.15) is 0 Å². The molecule has 130 valence electrons. The van der Waals surface area contributed by atoms with E-state index in [1.807, 2.05) is 28.8 Å². The van der Waals surface area contributed by atoms with Crippen molar-refractivity contribution in [2.24, 2.45) is 0 Å². The van der Waals surface area contributed by atoms with Crippen LogP contribution >= 0.6 is 12.2 Å². The predicted molar refractivity (Wildman–Crippen MR) is 95.2 cm³/mol. The minimum absolute atomic E-state index is 0.203. The van der Waals surface area contributed by atoms with E-state index in [9.17, 15) is 8.42 Å². The van der Waals surface area contributed by atoms with E-state index in [1.165, 1.54) is 0 Å². The lowest BCUT2D eigenvalue weighted by molar-refractivity contribution is 0.0845. The first-order valence-electron chi connectivity index (χ1n) is 8.27. The maximum atomic E-state index is 11.7. The normalized spacial score (nSPS) is 25.4. The Bertz CT molecular complexity index is 895. The highest BCUT2D eigenvalue weighted by Crippen LogP contribution is 2.21. The van der Waals surface area contributed by atoms with E-state index in [1.54, 1.807) is 0 Å². The van der Waals surface area contributed by atoms with E-state index in [4.69, 9.17) is 16.6 Å². The molecule has 0 bridgehead atoms. The van der Waals surface area contributed by atoms with E-state index in [0.717, 1.165) is 43.7 Å². The largest absolute Gasteiger partial charge is 0.429 e. The smallest absolute Gasteiger partial charge is 0.270 e. The van der Waals surface area contributed by atoms with Crippen molar-refractivity contribution in [3.8, 4) is 0 Å². The lowest BCUT2D eigenvalue weighted by Gasteiger charge is -2.37. The number of hydrogen-bond acceptors (Lipinski definition) is 6. The van der Waals surface area contributed by atoms with Gasteiger partial charge in [-0.15, -0.1) is 0 Å². The Hall–Kier alpha value is -1.22. The molecule has 8 heteroatoms. The van der Waals surface area contributed by atoms with Crippen molar-refractivity contribution in [3.63, 3.8) is 0 Å². The van der Waals surface area contributed by atoms with Crippen molar-refractivity contribution in [1.29, 1.82) is 0 Å². The highest BCUT2D eigenvalue weighted by atomic mass is 32.2. The number of oxazole rings is 1. The van der Waals surface area contributed by atoms with Crippen LogP contribution in [0.4, 0.5) is 0 Å². The van der Waals surface area contributed by atoms with Gasteiger partial charge in [-0.25, -0.2) is 8.42 Å². The molecule has 2 saturated heterocycles. The van der Waals surface area contributed by atoms with Crippen LogP contribution in [0.25, 0.3) is 11.1 Å². The number of sulfone groups is 1. The molecule has 0 radical (unpaired) electrons. The average Bonchev–Trinajstić information content (AvgIpc) is 3.08. The molecule has 2 aliphatic rings. The van der Waals surface area contributed by atoms with Crippen LogP contribution in [0.1, 0.15) is 6.42 Å². The summed E-state index contributed by atoms with van der Waals surface area (Å²) in [7, 11) is -2.81. The van der Waals surface area contributed by atoms with Crippen molar-refractivity contribution in [1.82, 2.24) is 14.4 Å². The molecule has 24 heavy (non-hydrogen) atoms. The van der Waals surface area contributed by atoms with Gasteiger partial charge in [0.25, 0.3) is 4.84 Å². The molecule has 2 aromatic rings. The van der Waals surface area contributed by atoms with E-state index in [-0.39, 0.29) is 6.04 Å². The molecular weight excluding hydrogens is 346 g/mol. The Balaban J connectivity index is 1.41. The molecule has 1 atom stereocenters. The molecule has 4 rings (SSSR count). The molecule has 2 fully saturated rings. The van der Waals surface area contributed by atoms with Gasteiger partial charge < -0.3 is 4.42 Å². The Kier molecular flexibility index (Phi) is 4.24. The number of fused-ring (bicyclic) bond motifs is 1. The second kappa shape index (κ2) is 6.25. The fourth-order valence-electron chi connectivity index (χ4n) is 3.68. The zero-order chi connectivity index (χ0) is 16.7. The zero-order valence-corrected chi connectivity index (χ0v) is 15.1. The van der Waals surface area contributed by atoms with Gasteiger partial charge in [-0.1, -0.05) is 12.1 Å². The number of benzene rings is 1. The molecule has 6 nitrogen and oxygen atoms in total. The Labute approximate surface area is 146 Å². The van der Waals surface area contributed by atoms with Gasteiger partial charge in [-0.2, -0.15) is 0 Å². The van der Waals surface area contributed by atoms with Crippen molar-refractivity contribution in [2.45, 2.75) is 19.1 Å². The monoisotopic (exact) mass is 367 g/mol. The highest BCUT2D eigenvalue weighted by Gasteiger charge is 2.33. The SMILES string of the molecule is O=S1(=O)CCC(N2CCN(Cn3c(=S)oc4ccccc43)CC2)C1. The Morgan fingerprint density at radius 3 is 2.62 bits per heavy atom. The fourth-order valence-corrected chi connectivity index (χ4v) is 5.69. The third-order valence-corrected chi connectivity index (χ3v) is 7.10. The molecule has 2 aliphatic heterocycles. The van der Waals surface area contributed by atoms with E-state index in [0.29, 0.717) is 23.0 Å². The number of rotatable bonds is 3. The Morgan fingerprint density at radius 2 is 1.92 bits per heavy atom. The molecule has 0 spiro atoms. The third kappa shape index (κ3) is 3.15. The predicted octanol–water partition coefficient (Wildman–Crippen LogP) is 1.73. The number of piperazine rings is 1. The van der Waals surface area contributed by atoms with Crippen molar-refractivity contribution < 1.29 is 12.8 Å². The maximum absolute atomic E-state index is 11.7. The molecule has 0 amide bonds. The number of nitrogens with zero attached hydrogens (tertiary/aromatic N) is 3. The quantitative estimate of drug-likeness (QED) is 0.770. The van der Waals surface area contributed by atoms with E-state index in [2.05, 4.69) is 9.80 Å². The summed E-state index contributed by atoms with van der Waals surface area (Å²) in [6.07, 6.45) is 0.778. The van der Waals surface area contributed by atoms with Crippen molar-refractivity contribution in [3.05, 3.63) is 29.1 Å². The van der Waals surface area contributed by atoms with Crippen LogP contribution in [0.2, 0.25) is 0 Å². The summed E-state index contributed by atoms with van der Waals surface area (Å²) in [6, 6.07) is 8.09. The van der Waals surface area contributed by atoms with Crippen LogP contribution in [0.5, 0.6) is 0 Å². The van der Waals surface area contributed by atoms with E-state index >= 15 is 0 Å². The van der Waals surface area contributed by atoms with Crippen LogP contribution < -0.4 is 0 Å². The molecule has 1 aromatic heterocycles. The summed E-state index contributed by atoms with van der Waals surface area (Å²) in [5, 5.41) is 0. The molecule has 0 N–H and O–H groups in total. The first-order chi connectivity index (χ1) is 11.5. The first-order valence-corrected chi connectivity index (χ1v) is 10.5.